The van der Waals surface area contributed by atoms with Crippen LogP contribution in [0.5, 0.6) is 5.75 Å². The van der Waals surface area contributed by atoms with E-state index in [1.165, 1.54) is 5.56 Å². The van der Waals surface area contributed by atoms with E-state index in [2.05, 4.69) is 36.5 Å². The zero-order valence-corrected chi connectivity index (χ0v) is 15.5. The van der Waals surface area contributed by atoms with Crippen molar-refractivity contribution in [3.05, 3.63) is 71.3 Å². The van der Waals surface area contributed by atoms with E-state index < -0.39 is 5.97 Å². The molecule has 0 bridgehead atoms. The van der Waals surface area contributed by atoms with E-state index in [0.29, 0.717) is 11.5 Å². The molecular weight excluding hydrogens is 338 g/mol. The van der Waals surface area contributed by atoms with Crippen molar-refractivity contribution in [2.45, 2.75) is 38.1 Å². The molecule has 1 aliphatic carbocycles. The molecule has 140 valence electrons. The van der Waals surface area contributed by atoms with Crippen LogP contribution in [0.15, 0.2) is 54.6 Å². The quantitative estimate of drug-likeness (QED) is 0.534. The minimum absolute atomic E-state index is 0.206. The van der Waals surface area contributed by atoms with Crippen LogP contribution >= 0.6 is 0 Å². The highest BCUT2D eigenvalue weighted by Crippen LogP contribution is 2.50. The molecule has 2 aliphatic rings. The van der Waals surface area contributed by atoms with E-state index in [-0.39, 0.29) is 12.0 Å². The zero-order chi connectivity index (χ0) is 18.8. The first-order valence-corrected chi connectivity index (χ1v) is 9.70. The molecule has 0 spiro atoms. The van der Waals surface area contributed by atoms with Crippen molar-refractivity contribution >= 4 is 11.7 Å². The highest BCUT2D eigenvalue weighted by Gasteiger charge is 2.38. The monoisotopic (exact) mass is 363 g/mol. The van der Waals surface area contributed by atoms with Crippen LogP contribution in [0, 0.1) is 5.92 Å². The van der Waals surface area contributed by atoms with E-state index >= 15 is 0 Å². The number of rotatable bonds is 6. The lowest BCUT2D eigenvalue weighted by molar-refractivity contribution is 0.0696. The number of aromatic carboxylic acids is 1. The van der Waals surface area contributed by atoms with Gasteiger partial charge in [0.25, 0.3) is 0 Å². The van der Waals surface area contributed by atoms with Crippen LogP contribution in [-0.2, 0) is 0 Å². The molecule has 2 aromatic carbocycles. The molecule has 0 saturated carbocycles. The first kappa shape index (κ1) is 17.7. The van der Waals surface area contributed by atoms with Gasteiger partial charge in [0.15, 0.2) is 0 Å². The molecule has 4 heteroatoms. The first-order chi connectivity index (χ1) is 13.2. The van der Waals surface area contributed by atoms with E-state index in [0.717, 1.165) is 42.9 Å². The van der Waals surface area contributed by atoms with Crippen molar-refractivity contribution in [2.75, 3.05) is 11.9 Å². The lowest BCUT2D eigenvalue weighted by Crippen LogP contribution is -2.29. The van der Waals surface area contributed by atoms with Gasteiger partial charge in [-0.1, -0.05) is 37.6 Å². The summed E-state index contributed by atoms with van der Waals surface area (Å²) in [7, 11) is 0. The fourth-order valence-electron chi connectivity index (χ4n) is 4.16. The number of fused-ring (bicyclic) bond motifs is 3. The average molecular weight is 363 g/mol. The average Bonchev–Trinajstić information content (AvgIpc) is 3.18. The molecule has 0 radical (unpaired) electrons. The van der Waals surface area contributed by atoms with Gasteiger partial charge >= 0.3 is 5.97 Å². The number of nitrogens with one attached hydrogen (secondary N) is 1. The molecule has 1 heterocycles. The molecule has 2 N–H and O–H groups in total. The lowest BCUT2D eigenvalue weighted by atomic mass is 9.76. The Labute approximate surface area is 159 Å². The highest BCUT2D eigenvalue weighted by molar-refractivity contribution is 5.89. The summed E-state index contributed by atoms with van der Waals surface area (Å²) < 4.78 is 5.78. The third kappa shape index (κ3) is 3.44. The number of benzene rings is 2. The van der Waals surface area contributed by atoms with Gasteiger partial charge in [-0.3, -0.25) is 0 Å². The Morgan fingerprint density at radius 3 is 2.78 bits per heavy atom. The topological polar surface area (TPSA) is 58.6 Å². The molecule has 4 nitrogen and oxygen atoms in total. The Morgan fingerprint density at radius 2 is 2.04 bits per heavy atom. The Morgan fingerprint density at radius 1 is 1.22 bits per heavy atom. The van der Waals surface area contributed by atoms with Gasteiger partial charge in [0.2, 0.25) is 0 Å². The highest BCUT2D eigenvalue weighted by atomic mass is 16.5. The van der Waals surface area contributed by atoms with E-state index in [9.17, 15) is 9.90 Å². The normalized spacial score (nSPS) is 22.6. The number of carboxylic acids is 1. The van der Waals surface area contributed by atoms with Crippen LogP contribution in [0.3, 0.4) is 0 Å². The summed E-state index contributed by atoms with van der Waals surface area (Å²) in [5, 5.41) is 13.0. The molecule has 3 atom stereocenters. The van der Waals surface area contributed by atoms with Crippen molar-refractivity contribution < 1.29 is 14.6 Å². The third-order valence-corrected chi connectivity index (χ3v) is 5.62. The number of hydrogen-bond acceptors (Lipinski definition) is 3. The number of anilines is 1. The standard InChI is InChI=1S/C23H25NO3/c1-2-3-13-27-17-10-7-15(8-11-17)22-19-6-4-5-18(19)20-14-16(23(25)26)9-12-21(20)24-22/h4-5,7-12,14,18-19,22,24H,2-3,6,13H2,1H3,(H,25,26)/t18-,19+,22+/m1/s1. The molecule has 0 saturated heterocycles. The van der Waals surface area contributed by atoms with Gasteiger partial charge in [0, 0.05) is 11.6 Å². The van der Waals surface area contributed by atoms with Gasteiger partial charge < -0.3 is 15.2 Å². The largest absolute Gasteiger partial charge is 0.494 e. The smallest absolute Gasteiger partial charge is 0.335 e. The van der Waals surface area contributed by atoms with E-state index in [1.807, 2.05) is 24.3 Å². The molecule has 2 aromatic rings. The Balaban J connectivity index is 1.59. The summed E-state index contributed by atoms with van der Waals surface area (Å²) in [4.78, 5) is 11.3. The van der Waals surface area contributed by atoms with Crippen LogP contribution in [0.4, 0.5) is 5.69 Å². The summed E-state index contributed by atoms with van der Waals surface area (Å²) in [6.07, 6.45) is 7.63. The van der Waals surface area contributed by atoms with Crippen molar-refractivity contribution in [3.8, 4) is 5.75 Å². The van der Waals surface area contributed by atoms with E-state index in [4.69, 9.17) is 4.74 Å². The van der Waals surface area contributed by atoms with Gasteiger partial charge in [0.1, 0.15) is 5.75 Å². The number of allylic oxidation sites excluding steroid dienone is 2. The summed E-state index contributed by atoms with van der Waals surface area (Å²) in [5.74, 6) is 0.687. The Hall–Kier alpha value is -2.75. The zero-order valence-electron chi connectivity index (χ0n) is 15.5. The fraction of sp³-hybridized carbons (Fsp3) is 0.348. The maximum Gasteiger partial charge on any atom is 0.335 e. The number of unbranched alkanes of at least 4 members (excludes halogenated alkanes) is 1. The summed E-state index contributed by atoms with van der Waals surface area (Å²) in [6, 6.07) is 14.0. The van der Waals surface area contributed by atoms with Gasteiger partial charge in [-0.25, -0.2) is 4.79 Å². The van der Waals surface area contributed by atoms with Crippen LogP contribution < -0.4 is 10.1 Å². The number of ether oxygens (including phenoxy) is 1. The fourth-order valence-corrected chi connectivity index (χ4v) is 4.16. The molecule has 0 aromatic heterocycles. The lowest BCUT2D eigenvalue weighted by Gasteiger charge is -2.37. The van der Waals surface area contributed by atoms with Gasteiger partial charge in [-0.05, 0) is 60.2 Å². The van der Waals surface area contributed by atoms with Crippen LogP contribution in [0.2, 0.25) is 0 Å². The SMILES string of the molecule is CCCCOc1ccc([C@@H]2Nc3ccc(C(=O)O)cc3[C@@H]3C=CC[C@@H]32)cc1. The maximum absolute atomic E-state index is 11.3. The van der Waals surface area contributed by atoms with Crippen molar-refractivity contribution in [1.82, 2.24) is 0 Å². The first-order valence-electron chi connectivity index (χ1n) is 9.70. The maximum atomic E-state index is 11.3. The number of carboxylic acid groups (broad SMARTS) is 1. The second-order valence-electron chi connectivity index (χ2n) is 7.35. The second-order valence-corrected chi connectivity index (χ2v) is 7.35. The molecular formula is C23H25NO3. The summed E-state index contributed by atoms with van der Waals surface area (Å²) in [5.41, 5.74) is 3.71. The predicted molar refractivity (Wildman–Crippen MR) is 107 cm³/mol. The minimum Gasteiger partial charge on any atom is -0.494 e. The van der Waals surface area contributed by atoms with Crippen LogP contribution in [0.25, 0.3) is 0 Å². The molecule has 0 unspecified atom stereocenters. The molecule has 1 aliphatic heterocycles. The molecule has 0 amide bonds. The number of carbonyl (C=O) groups is 1. The second kappa shape index (κ2) is 7.47. The summed E-state index contributed by atoms with van der Waals surface area (Å²) >= 11 is 0. The van der Waals surface area contributed by atoms with Crippen molar-refractivity contribution in [1.29, 1.82) is 0 Å². The minimum atomic E-state index is -0.878. The van der Waals surface area contributed by atoms with Crippen LogP contribution in [-0.4, -0.2) is 17.7 Å². The van der Waals surface area contributed by atoms with Crippen molar-refractivity contribution in [3.63, 3.8) is 0 Å². The predicted octanol–water partition coefficient (Wildman–Crippen LogP) is 5.39. The Bertz CT molecular complexity index is 856. The molecule has 4 rings (SSSR count). The van der Waals surface area contributed by atoms with Gasteiger partial charge in [0.05, 0.1) is 18.2 Å². The summed E-state index contributed by atoms with van der Waals surface area (Å²) in [6.45, 7) is 2.91. The van der Waals surface area contributed by atoms with Crippen LogP contribution in [0.1, 0.15) is 59.6 Å². The van der Waals surface area contributed by atoms with E-state index in [1.54, 1.807) is 6.07 Å². The van der Waals surface area contributed by atoms with Crippen molar-refractivity contribution in [2.24, 2.45) is 5.92 Å². The van der Waals surface area contributed by atoms with Gasteiger partial charge in [-0.2, -0.15) is 0 Å². The molecule has 0 fully saturated rings. The van der Waals surface area contributed by atoms with Gasteiger partial charge in [-0.15, -0.1) is 0 Å². The molecule has 27 heavy (non-hydrogen) atoms. The Kier molecular flexibility index (Phi) is 4.88. The number of hydrogen-bond donors (Lipinski definition) is 2. The third-order valence-electron chi connectivity index (χ3n) is 5.62.